The fraction of sp³-hybridized carbons (Fsp3) is 0.909. The molecule has 1 N–H and O–H groups in total. The summed E-state index contributed by atoms with van der Waals surface area (Å²) in [5.41, 5.74) is -0.571. The molecule has 1 aliphatic carbocycles. The van der Waals surface area contributed by atoms with Gasteiger partial charge in [0.15, 0.2) is 0 Å². The molecule has 3 nitrogen and oxygen atoms in total. The number of hydrogen-bond donors (Lipinski definition) is 1. The zero-order chi connectivity index (χ0) is 10.8. The number of nitrogens with zero attached hydrogens (tertiary/aromatic N) is 2. The summed E-state index contributed by atoms with van der Waals surface area (Å²) in [7, 11) is 2.01. The number of hydrogen-bond acceptors (Lipinski definition) is 3. The van der Waals surface area contributed by atoms with Crippen LogP contribution in [0.5, 0.6) is 0 Å². The van der Waals surface area contributed by atoms with Crippen LogP contribution in [0.2, 0.25) is 0 Å². The Balaban J connectivity index is 2.60. The predicted molar refractivity (Wildman–Crippen MR) is 55.7 cm³/mol. The van der Waals surface area contributed by atoms with E-state index >= 15 is 0 Å². The van der Waals surface area contributed by atoms with Crippen LogP contribution in [-0.4, -0.2) is 34.7 Å². The monoisotopic (exact) mass is 196 g/mol. The van der Waals surface area contributed by atoms with Gasteiger partial charge in [0.2, 0.25) is 0 Å². The normalized spacial score (nSPS) is 34.4. The second-order valence-electron chi connectivity index (χ2n) is 4.64. The summed E-state index contributed by atoms with van der Waals surface area (Å²) in [6.07, 6.45) is 3.53. The molecule has 0 amide bonds. The Bertz CT molecular complexity index is 232. The average Bonchev–Trinajstić information content (AvgIpc) is 2.44. The fourth-order valence-electron chi connectivity index (χ4n) is 2.36. The molecule has 0 aliphatic heterocycles. The third-order valence-corrected chi connectivity index (χ3v) is 3.45. The van der Waals surface area contributed by atoms with Crippen molar-refractivity contribution in [2.75, 3.05) is 7.05 Å². The molecule has 3 atom stereocenters. The van der Waals surface area contributed by atoms with Gasteiger partial charge in [-0.05, 0) is 40.2 Å². The first-order chi connectivity index (χ1) is 6.49. The number of nitriles is 1. The van der Waals surface area contributed by atoms with Crippen molar-refractivity contribution >= 4 is 0 Å². The second-order valence-corrected chi connectivity index (χ2v) is 4.64. The summed E-state index contributed by atoms with van der Waals surface area (Å²) in [6.45, 7) is 3.94. The molecule has 0 aromatic carbocycles. The minimum Gasteiger partial charge on any atom is -0.389 e. The number of likely N-dealkylation sites (N-methyl/N-ethyl adjacent to an activating group) is 1. The predicted octanol–water partition coefficient (Wildman–Crippen LogP) is 1.52. The molecule has 0 aromatic heterocycles. The van der Waals surface area contributed by atoms with Crippen molar-refractivity contribution in [1.82, 2.24) is 4.90 Å². The third-order valence-electron chi connectivity index (χ3n) is 3.45. The minimum atomic E-state index is -0.571. The molecule has 0 saturated heterocycles. The highest BCUT2D eigenvalue weighted by Gasteiger charge is 2.40. The second kappa shape index (κ2) is 4.29. The maximum Gasteiger partial charge on any atom is 0.0774 e. The molecule has 0 spiro atoms. The highest BCUT2D eigenvalue weighted by Crippen LogP contribution is 2.33. The molecule has 0 bridgehead atoms. The van der Waals surface area contributed by atoms with Gasteiger partial charge < -0.3 is 5.11 Å². The Labute approximate surface area is 86.3 Å². The van der Waals surface area contributed by atoms with E-state index in [1.807, 2.05) is 20.9 Å². The molecule has 14 heavy (non-hydrogen) atoms. The summed E-state index contributed by atoms with van der Waals surface area (Å²) in [5, 5.41) is 18.7. The Hall–Kier alpha value is -0.590. The van der Waals surface area contributed by atoms with Crippen molar-refractivity contribution in [2.24, 2.45) is 0 Å². The fourth-order valence-corrected chi connectivity index (χ4v) is 2.36. The lowest BCUT2D eigenvalue weighted by atomic mass is 9.98. The lowest BCUT2D eigenvalue weighted by Gasteiger charge is -2.36. The Morgan fingerprint density at radius 2 is 2.36 bits per heavy atom. The lowest BCUT2D eigenvalue weighted by Crippen LogP contribution is -2.49. The smallest absolute Gasteiger partial charge is 0.0774 e. The summed E-state index contributed by atoms with van der Waals surface area (Å²) < 4.78 is 0. The van der Waals surface area contributed by atoms with E-state index in [1.165, 1.54) is 0 Å². The van der Waals surface area contributed by atoms with Crippen molar-refractivity contribution in [3.8, 4) is 6.07 Å². The molecule has 1 fully saturated rings. The van der Waals surface area contributed by atoms with E-state index < -0.39 is 5.60 Å². The zero-order valence-electron chi connectivity index (χ0n) is 9.32. The molecular weight excluding hydrogens is 176 g/mol. The van der Waals surface area contributed by atoms with E-state index in [-0.39, 0.29) is 12.1 Å². The molecule has 1 rings (SSSR count). The van der Waals surface area contributed by atoms with E-state index in [4.69, 9.17) is 5.26 Å². The average molecular weight is 196 g/mol. The molecule has 0 radical (unpaired) electrons. The third kappa shape index (κ3) is 2.26. The summed E-state index contributed by atoms with van der Waals surface area (Å²) in [5.74, 6) is 0. The van der Waals surface area contributed by atoms with Gasteiger partial charge in [0, 0.05) is 12.1 Å². The van der Waals surface area contributed by atoms with Crippen molar-refractivity contribution in [1.29, 1.82) is 5.26 Å². The first-order valence-electron chi connectivity index (χ1n) is 5.30. The van der Waals surface area contributed by atoms with E-state index in [9.17, 15) is 5.11 Å². The number of rotatable bonds is 3. The molecule has 0 aromatic rings. The standard InChI is InChI=1S/C11H20N2O/c1-9(6-8-12)13(3)10-5-4-7-11(10,2)14/h9-10,14H,4-7H2,1-3H3. The first kappa shape index (κ1) is 11.5. The van der Waals surface area contributed by atoms with Crippen molar-refractivity contribution in [3.05, 3.63) is 0 Å². The van der Waals surface area contributed by atoms with Gasteiger partial charge in [-0.25, -0.2) is 0 Å². The van der Waals surface area contributed by atoms with Gasteiger partial charge in [0.25, 0.3) is 0 Å². The molecule has 1 saturated carbocycles. The Kier molecular flexibility index (Phi) is 3.52. The highest BCUT2D eigenvalue weighted by atomic mass is 16.3. The summed E-state index contributed by atoms with van der Waals surface area (Å²) in [4.78, 5) is 2.15. The molecule has 3 heteroatoms. The van der Waals surface area contributed by atoms with Crippen LogP contribution < -0.4 is 0 Å². The largest absolute Gasteiger partial charge is 0.389 e. The van der Waals surface area contributed by atoms with Crippen LogP contribution in [0.1, 0.15) is 39.5 Å². The van der Waals surface area contributed by atoms with Gasteiger partial charge >= 0.3 is 0 Å². The Morgan fingerprint density at radius 1 is 1.71 bits per heavy atom. The zero-order valence-corrected chi connectivity index (χ0v) is 9.32. The lowest BCUT2D eigenvalue weighted by molar-refractivity contribution is -0.0153. The van der Waals surface area contributed by atoms with Crippen molar-refractivity contribution in [2.45, 2.75) is 57.2 Å². The van der Waals surface area contributed by atoms with E-state index in [0.29, 0.717) is 6.42 Å². The van der Waals surface area contributed by atoms with Crippen LogP contribution in [0.4, 0.5) is 0 Å². The van der Waals surface area contributed by atoms with Gasteiger partial charge in [-0.15, -0.1) is 0 Å². The van der Waals surface area contributed by atoms with Gasteiger partial charge in [-0.3, -0.25) is 4.90 Å². The van der Waals surface area contributed by atoms with Gasteiger partial charge in [0.05, 0.1) is 18.1 Å². The van der Waals surface area contributed by atoms with Crippen molar-refractivity contribution < 1.29 is 5.11 Å². The SMILES string of the molecule is CC(CC#N)N(C)C1CCCC1(C)O. The Morgan fingerprint density at radius 3 is 2.79 bits per heavy atom. The minimum absolute atomic E-state index is 0.214. The van der Waals surface area contributed by atoms with E-state index in [1.54, 1.807) is 0 Å². The topological polar surface area (TPSA) is 47.3 Å². The van der Waals surface area contributed by atoms with Crippen LogP contribution in [0.15, 0.2) is 0 Å². The molecule has 1 aliphatic rings. The maximum absolute atomic E-state index is 10.1. The van der Waals surface area contributed by atoms with E-state index in [2.05, 4.69) is 11.0 Å². The summed E-state index contributed by atoms with van der Waals surface area (Å²) in [6, 6.07) is 2.62. The van der Waals surface area contributed by atoms with E-state index in [0.717, 1.165) is 19.3 Å². The highest BCUT2D eigenvalue weighted by molar-refractivity contribution is 4.96. The van der Waals surface area contributed by atoms with Crippen LogP contribution in [-0.2, 0) is 0 Å². The molecule has 0 heterocycles. The first-order valence-corrected chi connectivity index (χ1v) is 5.30. The maximum atomic E-state index is 10.1. The number of aliphatic hydroxyl groups is 1. The van der Waals surface area contributed by atoms with Crippen LogP contribution in [0.25, 0.3) is 0 Å². The summed E-state index contributed by atoms with van der Waals surface area (Å²) >= 11 is 0. The van der Waals surface area contributed by atoms with Crippen LogP contribution in [0, 0.1) is 11.3 Å². The van der Waals surface area contributed by atoms with Crippen LogP contribution in [0.3, 0.4) is 0 Å². The van der Waals surface area contributed by atoms with Gasteiger partial charge in [-0.2, -0.15) is 5.26 Å². The molecular formula is C11H20N2O. The van der Waals surface area contributed by atoms with Gasteiger partial charge in [0.1, 0.15) is 0 Å². The van der Waals surface area contributed by atoms with Crippen LogP contribution >= 0.6 is 0 Å². The quantitative estimate of drug-likeness (QED) is 0.744. The molecule has 3 unspecified atom stereocenters. The molecule has 80 valence electrons. The van der Waals surface area contributed by atoms with Gasteiger partial charge in [-0.1, -0.05) is 0 Å². The van der Waals surface area contributed by atoms with Crippen molar-refractivity contribution in [3.63, 3.8) is 0 Å².